The molecule has 12 heavy (non-hydrogen) atoms. The second-order valence-corrected chi connectivity index (χ2v) is 2.59. The summed E-state index contributed by atoms with van der Waals surface area (Å²) in [6.07, 6.45) is 0.0723. The minimum absolute atomic E-state index is 0.115. The molecule has 1 aromatic carbocycles. The van der Waals surface area contributed by atoms with Crippen LogP contribution in [-0.2, 0) is 4.79 Å². The second-order valence-electron chi connectivity index (χ2n) is 2.59. The molecule has 1 unspecified atom stereocenters. The van der Waals surface area contributed by atoms with Crippen molar-refractivity contribution >= 4 is 12.0 Å². The Hall–Kier alpha value is -1.35. The van der Waals surface area contributed by atoms with Gasteiger partial charge in [0.25, 0.3) is 0 Å². The highest BCUT2D eigenvalue weighted by atomic mass is 16.3. The number of hydrogen-bond acceptors (Lipinski definition) is 3. The standard InChI is InChI=1S/C9H11NO2/c10-8-3-1-2-7(6-8)9(12)4-5-11/h1-3,5-6,9,12H,4,10H2. The van der Waals surface area contributed by atoms with Crippen LogP contribution in [0.5, 0.6) is 0 Å². The monoisotopic (exact) mass is 165 g/mol. The number of hydrogen-bond donors (Lipinski definition) is 2. The fourth-order valence-electron chi connectivity index (χ4n) is 0.994. The van der Waals surface area contributed by atoms with Crippen molar-refractivity contribution < 1.29 is 9.90 Å². The molecule has 1 rings (SSSR count). The largest absolute Gasteiger partial charge is 0.399 e. The van der Waals surface area contributed by atoms with E-state index in [1.807, 2.05) is 0 Å². The molecule has 0 bridgehead atoms. The number of anilines is 1. The van der Waals surface area contributed by atoms with E-state index in [2.05, 4.69) is 0 Å². The lowest BCUT2D eigenvalue weighted by Gasteiger charge is -2.06. The third-order valence-corrected chi connectivity index (χ3v) is 1.61. The van der Waals surface area contributed by atoms with Crippen LogP contribution in [0, 0.1) is 0 Å². The summed E-state index contributed by atoms with van der Waals surface area (Å²) in [7, 11) is 0. The number of benzene rings is 1. The molecule has 3 nitrogen and oxygen atoms in total. The van der Waals surface area contributed by atoms with Crippen molar-refractivity contribution in [3.63, 3.8) is 0 Å². The fourth-order valence-corrected chi connectivity index (χ4v) is 0.994. The van der Waals surface area contributed by atoms with Crippen molar-refractivity contribution in [2.45, 2.75) is 12.5 Å². The lowest BCUT2D eigenvalue weighted by Crippen LogP contribution is -1.98. The molecule has 0 saturated heterocycles. The first-order valence-electron chi connectivity index (χ1n) is 3.71. The summed E-state index contributed by atoms with van der Waals surface area (Å²) in [4.78, 5) is 10.1. The molecule has 0 aromatic heterocycles. The number of nitrogens with two attached hydrogens (primary N) is 1. The number of carbonyl (C=O) groups excluding carboxylic acids is 1. The highest BCUT2D eigenvalue weighted by Crippen LogP contribution is 2.17. The molecule has 3 heteroatoms. The van der Waals surface area contributed by atoms with Crippen LogP contribution in [0.2, 0.25) is 0 Å². The van der Waals surface area contributed by atoms with E-state index in [1.165, 1.54) is 0 Å². The van der Waals surface area contributed by atoms with Crippen molar-refractivity contribution in [1.82, 2.24) is 0 Å². The van der Waals surface area contributed by atoms with E-state index in [-0.39, 0.29) is 6.42 Å². The van der Waals surface area contributed by atoms with E-state index in [0.29, 0.717) is 17.5 Å². The Kier molecular flexibility index (Phi) is 2.82. The third-order valence-electron chi connectivity index (χ3n) is 1.61. The number of nitrogen functional groups attached to an aromatic ring is 1. The zero-order chi connectivity index (χ0) is 8.97. The van der Waals surface area contributed by atoms with Crippen LogP contribution in [0.4, 0.5) is 5.69 Å². The number of aldehydes is 1. The van der Waals surface area contributed by atoms with Gasteiger partial charge in [-0.2, -0.15) is 0 Å². The van der Waals surface area contributed by atoms with E-state index in [9.17, 15) is 9.90 Å². The van der Waals surface area contributed by atoms with Crippen LogP contribution in [0.3, 0.4) is 0 Å². The molecule has 0 saturated carbocycles. The Morgan fingerprint density at radius 2 is 2.33 bits per heavy atom. The van der Waals surface area contributed by atoms with Crippen molar-refractivity contribution in [1.29, 1.82) is 0 Å². The minimum Gasteiger partial charge on any atom is -0.399 e. The Balaban J connectivity index is 2.80. The molecule has 1 aromatic rings. The maximum Gasteiger partial charge on any atom is 0.122 e. The van der Waals surface area contributed by atoms with Gasteiger partial charge in [-0.25, -0.2) is 0 Å². The van der Waals surface area contributed by atoms with Crippen molar-refractivity contribution in [2.24, 2.45) is 0 Å². The number of aliphatic hydroxyl groups is 1. The van der Waals surface area contributed by atoms with Crippen LogP contribution < -0.4 is 5.73 Å². The first kappa shape index (κ1) is 8.74. The predicted molar refractivity (Wildman–Crippen MR) is 46.5 cm³/mol. The molecule has 0 aliphatic rings. The predicted octanol–water partition coefficient (Wildman–Crippen LogP) is 0.891. The van der Waals surface area contributed by atoms with Crippen molar-refractivity contribution in [3.05, 3.63) is 29.8 Å². The normalized spacial score (nSPS) is 12.4. The van der Waals surface area contributed by atoms with E-state index >= 15 is 0 Å². The molecule has 3 N–H and O–H groups in total. The summed E-state index contributed by atoms with van der Waals surface area (Å²) in [5.41, 5.74) is 6.77. The number of rotatable bonds is 3. The van der Waals surface area contributed by atoms with Gasteiger partial charge in [0.1, 0.15) is 6.29 Å². The molecular weight excluding hydrogens is 154 g/mol. The second kappa shape index (κ2) is 3.88. The maximum atomic E-state index is 10.1. The molecule has 0 spiro atoms. The first-order chi connectivity index (χ1) is 5.74. The highest BCUT2D eigenvalue weighted by molar-refractivity contribution is 5.52. The van der Waals surface area contributed by atoms with E-state index in [0.717, 1.165) is 0 Å². The van der Waals surface area contributed by atoms with Crippen LogP contribution in [0.25, 0.3) is 0 Å². The van der Waals surface area contributed by atoms with E-state index in [4.69, 9.17) is 5.73 Å². The average Bonchev–Trinajstić information content (AvgIpc) is 2.05. The summed E-state index contributed by atoms with van der Waals surface area (Å²) >= 11 is 0. The topological polar surface area (TPSA) is 63.3 Å². The van der Waals surface area contributed by atoms with Gasteiger partial charge in [-0.1, -0.05) is 12.1 Å². The molecule has 0 amide bonds. The van der Waals surface area contributed by atoms with Crippen LogP contribution in [-0.4, -0.2) is 11.4 Å². The van der Waals surface area contributed by atoms with Crippen molar-refractivity contribution in [3.8, 4) is 0 Å². The van der Waals surface area contributed by atoms with E-state index in [1.54, 1.807) is 24.3 Å². The molecule has 0 heterocycles. The van der Waals surface area contributed by atoms with Gasteiger partial charge in [0, 0.05) is 12.1 Å². The van der Waals surface area contributed by atoms with Gasteiger partial charge in [0.15, 0.2) is 0 Å². The zero-order valence-electron chi connectivity index (χ0n) is 6.60. The Morgan fingerprint density at radius 3 is 2.92 bits per heavy atom. The number of carbonyl (C=O) groups is 1. The lowest BCUT2D eigenvalue weighted by molar-refractivity contribution is -0.109. The van der Waals surface area contributed by atoms with Gasteiger partial charge in [-0.05, 0) is 17.7 Å². The van der Waals surface area contributed by atoms with Gasteiger partial charge in [0.2, 0.25) is 0 Å². The Morgan fingerprint density at radius 1 is 1.58 bits per heavy atom. The SMILES string of the molecule is Nc1cccc(C(O)CC=O)c1. The van der Waals surface area contributed by atoms with Gasteiger partial charge >= 0.3 is 0 Å². The summed E-state index contributed by atoms with van der Waals surface area (Å²) in [5.74, 6) is 0. The molecule has 0 aliphatic heterocycles. The minimum atomic E-state index is -0.731. The maximum absolute atomic E-state index is 10.1. The van der Waals surface area contributed by atoms with Crippen LogP contribution >= 0.6 is 0 Å². The Labute approximate surface area is 70.8 Å². The summed E-state index contributed by atoms with van der Waals surface area (Å²) < 4.78 is 0. The molecule has 0 radical (unpaired) electrons. The van der Waals surface area contributed by atoms with E-state index < -0.39 is 6.10 Å². The third kappa shape index (κ3) is 2.07. The highest BCUT2D eigenvalue weighted by Gasteiger charge is 2.05. The first-order valence-corrected chi connectivity index (χ1v) is 3.71. The molecule has 64 valence electrons. The Bertz CT molecular complexity index is 273. The van der Waals surface area contributed by atoms with Crippen molar-refractivity contribution in [2.75, 3.05) is 5.73 Å². The quantitative estimate of drug-likeness (QED) is 0.516. The van der Waals surface area contributed by atoms with Crippen LogP contribution in [0.15, 0.2) is 24.3 Å². The molecule has 0 aliphatic carbocycles. The molecular formula is C9H11NO2. The van der Waals surface area contributed by atoms with Gasteiger partial charge in [-0.3, -0.25) is 0 Å². The van der Waals surface area contributed by atoms with Crippen LogP contribution in [0.1, 0.15) is 18.1 Å². The lowest BCUT2D eigenvalue weighted by atomic mass is 10.1. The smallest absolute Gasteiger partial charge is 0.122 e. The average molecular weight is 165 g/mol. The number of aliphatic hydroxyl groups excluding tert-OH is 1. The molecule has 1 atom stereocenters. The van der Waals surface area contributed by atoms with Gasteiger partial charge in [-0.15, -0.1) is 0 Å². The summed E-state index contributed by atoms with van der Waals surface area (Å²) in [6.45, 7) is 0. The summed E-state index contributed by atoms with van der Waals surface area (Å²) in [5, 5.41) is 9.36. The van der Waals surface area contributed by atoms with Gasteiger partial charge < -0.3 is 15.6 Å². The molecule has 0 fully saturated rings. The fraction of sp³-hybridized carbons (Fsp3) is 0.222. The zero-order valence-corrected chi connectivity index (χ0v) is 6.60. The van der Waals surface area contributed by atoms with Gasteiger partial charge in [0.05, 0.1) is 6.10 Å². The summed E-state index contributed by atoms with van der Waals surface area (Å²) in [6, 6.07) is 6.88.